The lowest BCUT2D eigenvalue weighted by Crippen LogP contribution is -2.37. The average molecular weight is 377 g/mol. The van der Waals surface area contributed by atoms with E-state index in [1.165, 1.54) is 0 Å². The fourth-order valence-corrected chi connectivity index (χ4v) is 4.89. The minimum atomic E-state index is -2.96. The molecule has 2 aromatic rings. The summed E-state index contributed by atoms with van der Waals surface area (Å²) in [7, 11) is -1.33. The first kappa shape index (κ1) is 18.4. The van der Waals surface area contributed by atoms with Crippen LogP contribution in [0, 0.1) is 0 Å². The van der Waals surface area contributed by atoms with Crippen molar-refractivity contribution < 1.29 is 13.2 Å². The molecule has 140 valence electrons. The Labute approximate surface area is 153 Å². The van der Waals surface area contributed by atoms with Gasteiger partial charge < -0.3 is 15.0 Å². The Morgan fingerprint density at radius 2 is 2.15 bits per heavy atom. The Morgan fingerprint density at radius 1 is 1.35 bits per heavy atom. The lowest BCUT2D eigenvalue weighted by molar-refractivity contribution is 0.410. The molecule has 0 spiro atoms. The number of anilines is 2. The monoisotopic (exact) mass is 377 g/mol. The van der Waals surface area contributed by atoms with Crippen LogP contribution in [0.5, 0.6) is 5.75 Å². The highest BCUT2D eigenvalue weighted by molar-refractivity contribution is 7.91. The number of ether oxygens (including phenoxy) is 1. The summed E-state index contributed by atoms with van der Waals surface area (Å²) in [6.45, 7) is 3.14. The van der Waals surface area contributed by atoms with Crippen LogP contribution in [-0.4, -0.2) is 54.8 Å². The van der Waals surface area contributed by atoms with Crippen LogP contribution in [0.25, 0.3) is 0 Å². The van der Waals surface area contributed by atoms with Gasteiger partial charge in [0.2, 0.25) is 5.95 Å². The zero-order valence-electron chi connectivity index (χ0n) is 14.9. The molecule has 26 heavy (non-hydrogen) atoms. The number of nitrogens with zero attached hydrogens (tertiary/aromatic N) is 4. The molecular weight excluding hydrogens is 354 g/mol. The molecule has 0 amide bonds. The quantitative estimate of drug-likeness (QED) is 0.775. The zero-order chi connectivity index (χ0) is 18.6. The Morgan fingerprint density at radius 3 is 2.85 bits per heavy atom. The molecule has 9 heteroatoms. The Kier molecular flexibility index (Phi) is 5.55. The van der Waals surface area contributed by atoms with Gasteiger partial charge in [-0.05, 0) is 19.4 Å². The minimum absolute atomic E-state index is 0.0660. The molecule has 1 atom stereocenters. The average Bonchev–Trinajstić information content (AvgIpc) is 3.01. The van der Waals surface area contributed by atoms with Gasteiger partial charge in [-0.1, -0.05) is 18.2 Å². The van der Waals surface area contributed by atoms with Crippen molar-refractivity contribution in [1.82, 2.24) is 15.2 Å². The summed E-state index contributed by atoms with van der Waals surface area (Å²) >= 11 is 0. The van der Waals surface area contributed by atoms with Gasteiger partial charge in [0.1, 0.15) is 5.75 Å². The van der Waals surface area contributed by atoms with Crippen LogP contribution in [-0.2, 0) is 16.4 Å². The van der Waals surface area contributed by atoms with E-state index < -0.39 is 9.84 Å². The van der Waals surface area contributed by atoms with Gasteiger partial charge in [0, 0.05) is 24.7 Å². The van der Waals surface area contributed by atoms with E-state index >= 15 is 0 Å². The molecular formula is C17H23N5O3S. The predicted octanol–water partition coefficient (Wildman–Crippen LogP) is 1.51. The van der Waals surface area contributed by atoms with Crippen molar-refractivity contribution >= 4 is 21.6 Å². The molecule has 0 radical (unpaired) electrons. The number of aromatic nitrogens is 3. The van der Waals surface area contributed by atoms with Crippen molar-refractivity contribution in [3.63, 3.8) is 0 Å². The highest BCUT2D eigenvalue weighted by atomic mass is 32.2. The van der Waals surface area contributed by atoms with Gasteiger partial charge in [-0.25, -0.2) is 8.42 Å². The van der Waals surface area contributed by atoms with Gasteiger partial charge in [0.05, 0.1) is 24.8 Å². The van der Waals surface area contributed by atoms with Crippen LogP contribution >= 0.6 is 0 Å². The van der Waals surface area contributed by atoms with Gasteiger partial charge in [-0.15, -0.1) is 5.10 Å². The smallest absolute Gasteiger partial charge is 0.244 e. The van der Waals surface area contributed by atoms with E-state index in [1.54, 1.807) is 13.3 Å². The molecule has 1 N–H and O–H groups in total. The molecule has 1 unspecified atom stereocenters. The molecule has 3 rings (SSSR count). The third kappa shape index (κ3) is 4.21. The lowest BCUT2D eigenvalue weighted by atomic mass is 10.2. The second-order valence-corrected chi connectivity index (χ2v) is 8.38. The summed E-state index contributed by atoms with van der Waals surface area (Å²) < 4.78 is 28.9. The fraction of sp³-hybridized carbons (Fsp3) is 0.471. The number of para-hydroxylation sites is 1. The van der Waals surface area contributed by atoms with E-state index in [2.05, 4.69) is 20.5 Å². The highest BCUT2D eigenvalue weighted by Crippen LogP contribution is 2.23. The maximum absolute atomic E-state index is 11.8. The summed E-state index contributed by atoms with van der Waals surface area (Å²) in [5, 5.41) is 11.2. The third-order valence-electron chi connectivity index (χ3n) is 4.46. The summed E-state index contributed by atoms with van der Waals surface area (Å²) in [6.07, 6.45) is 2.19. The van der Waals surface area contributed by atoms with Crippen molar-refractivity contribution in [3.8, 4) is 5.75 Å². The topological polar surface area (TPSA) is 97.3 Å². The van der Waals surface area contributed by atoms with Crippen LogP contribution in [0.3, 0.4) is 0 Å². The van der Waals surface area contributed by atoms with Crippen LogP contribution < -0.4 is 15.0 Å². The predicted molar refractivity (Wildman–Crippen MR) is 100 cm³/mol. The van der Waals surface area contributed by atoms with Crippen molar-refractivity contribution in [2.75, 3.05) is 35.4 Å². The van der Waals surface area contributed by atoms with Gasteiger partial charge in [-0.2, -0.15) is 10.1 Å². The molecule has 1 aliphatic rings. The molecule has 0 saturated carbocycles. The summed E-state index contributed by atoms with van der Waals surface area (Å²) in [5.74, 6) is 2.20. The molecule has 1 fully saturated rings. The van der Waals surface area contributed by atoms with Crippen molar-refractivity contribution in [2.45, 2.75) is 25.9 Å². The minimum Gasteiger partial charge on any atom is -0.496 e. The standard InChI is InChI=1S/C17H23N5O3S/c1-3-22(14-8-9-26(23,24)12-14)16-11-19-21-17(20-16)18-10-13-6-4-5-7-15(13)25-2/h4-7,11,14H,3,8-10,12H2,1-2H3,(H,18,20,21). The number of sulfone groups is 1. The number of hydrogen-bond donors (Lipinski definition) is 1. The van der Waals surface area contributed by atoms with E-state index in [1.807, 2.05) is 36.1 Å². The highest BCUT2D eigenvalue weighted by Gasteiger charge is 2.32. The summed E-state index contributed by atoms with van der Waals surface area (Å²) in [6, 6.07) is 7.64. The summed E-state index contributed by atoms with van der Waals surface area (Å²) in [4.78, 5) is 6.49. The van der Waals surface area contributed by atoms with Gasteiger partial charge in [0.25, 0.3) is 0 Å². The second-order valence-electron chi connectivity index (χ2n) is 6.15. The first-order chi connectivity index (χ1) is 12.5. The third-order valence-corrected chi connectivity index (χ3v) is 6.21. The molecule has 1 saturated heterocycles. The molecule has 1 aromatic heterocycles. The first-order valence-corrected chi connectivity index (χ1v) is 10.4. The van der Waals surface area contributed by atoms with Gasteiger partial charge in [-0.3, -0.25) is 0 Å². The van der Waals surface area contributed by atoms with Crippen LogP contribution in [0.4, 0.5) is 11.8 Å². The first-order valence-electron chi connectivity index (χ1n) is 8.55. The Bertz CT molecular complexity index is 859. The van der Waals surface area contributed by atoms with Crippen molar-refractivity contribution in [1.29, 1.82) is 0 Å². The van der Waals surface area contributed by atoms with Gasteiger partial charge in [0.15, 0.2) is 15.7 Å². The Hall–Kier alpha value is -2.42. The Balaban J connectivity index is 1.73. The van der Waals surface area contributed by atoms with Crippen molar-refractivity contribution in [2.24, 2.45) is 0 Å². The van der Waals surface area contributed by atoms with Crippen LogP contribution in [0.2, 0.25) is 0 Å². The number of benzene rings is 1. The summed E-state index contributed by atoms with van der Waals surface area (Å²) in [5.41, 5.74) is 0.984. The lowest BCUT2D eigenvalue weighted by Gasteiger charge is -2.27. The number of hydrogen-bond acceptors (Lipinski definition) is 8. The van der Waals surface area contributed by atoms with Crippen LogP contribution in [0.1, 0.15) is 18.9 Å². The molecule has 8 nitrogen and oxygen atoms in total. The van der Waals surface area contributed by atoms with E-state index in [0.717, 1.165) is 11.3 Å². The van der Waals surface area contributed by atoms with E-state index in [-0.39, 0.29) is 17.5 Å². The largest absolute Gasteiger partial charge is 0.496 e. The normalized spacial score (nSPS) is 18.5. The van der Waals surface area contributed by atoms with Gasteiger partial charge >= 0.3 is 0 Å². The zero-order valence-corrected chi connectivity index (χ0v) is 15.7. The number of rotatable bonds is 7. The molecule has 2 heterocycles. The maximum Gasteiger partial charge on any atom is 0.244 e. The number of methoxy groups -OCH3 is 1. The van der Waals surface area contributed by atoms with E-state index in [4.69, 9.17) is 4.74 Å². The molecule has 0 bridgehead atoms. The molecule has 1 aromatic carbocycles. The SMILES string of the molecule is CCN(c1cnnc(NCc2ccccc2OC)n1)C1CCS(=O)(=O)C1. The molecule has 0 aliphatic carbocycles. The van der Waals surface area contributed by atoms with E-state index in [9.17, 15) is 8.42 Å². The molecule has 1 aliphatic heterocycles. The van der Waals surface area contributed by atoms with Crippen molar-refractivity contribution in [3.05, 3.63) is 36.0 Å². The number of nitrogens with one attached hydrogen (secondary N) is 1. The second kappa shape index (κ2) is 7.86. The van der Waals surface area contributed by atoms with E-state index in [0.29, 0.717) is 31.3 Å². The maximum atomic E-state index is 11.8. The van der Waals surface area contributed by atoms with Crippen LogP contribution in [0.15, 0.2) is 30.5 Å². The fourth-order valence-electron chi connectivity index (χ4n) is 3.16.